The van der Waals surface area contributed by atoms with Gasteiger partial charge in [0.1, 0.15) is 5.82 Å². The molecule has 11 heteroatoms. The molecule has 3 aromatic carbocycles. The Morgan fingerprint density at radius 3 is 1.48 bits per heavy atom. The molecule has 3 rings (SSSR count). The van der Waals surface area contributed by atoms with Gasteiger partial charge in [-0.25, -0.2) is 17.9 Å². The first-order chi connectivity index (χ1) is 14.2. The third-order valence-corrected chi connectivity index (χ3v) is 5.34. The van der Waals surface area contributed by atoms with Gasteiger partial charge in [0.2, 0.25) is 10.0 Å². The van der Waals surface area contributed by atoms with Gasteiger partial charge in [0.25, 0.3) is 0 Å². The van der Waals surface area contributed by atoms with E-state index in [1.807, 2.05) is 0 Å². The lowest BCUT2D eigenvalue weighted by Gasteiger charge is -2.17. The van der Waals surface area contributed by atoms with E-state index in [9.17, 15) is 39.2 Å². The standard InChI is InChI=1S/C20H12F7NO2S/c21-18-16(19(22,23)24)9-12(10-17(18)20(25,26)27)15-4-2-1-3-14(15)11-5-7-13(8-6-11)31(28,29)30/h1-10H,(H2,28,29,30). The normalized spacial score (nSPS) is 12.8. The molecule has 0 aliphatic heterocycles. The van der Waals surface area contributed by atoms with Crippen molar-refractivity contribution in [2.75, 3.05) is 0 Å². The molecule has 164 valence electrons. The van der Waals surface area contributed by atoms with Crippen molar-refractivity contribution < 1.29 is 39.2 Å². The lowest BCUT2D eigenvalue weighted by molar-refractivity contribution is -0.147. The van der Waals surface area contributed by atoms with E-state index in [4.69, 9.17) is 5.14 Å². The highest BCUT2D eigenvalue weighted by Gasteiger charge is 2.42. The Balaban J connectivity index is 2.26. The Bertz CT molecular complexity index is 1200. The molecule has 0 bridgehead atoms. The zero-order valence-electron chi connectivity index (χ0n) is 15.2. The third-order valence-electron chi connectivity index (χ3n) is 4.42. The van der Waals surface area contributed by atoms with Crippen molar-refractivity contribution in [3.63, 3.8) is 0 Å². The summed E-state index contributed by atoms with van der Waals surface area (Å²) in [6, 6.07) is 11.1. The minimum atomic E-state index is -5.35. The maximum absolute atomic E-state index is 14.0. The highest BCUT2D eigenvalue weighted by molar-refractivity contribution is 7.89. The zero-order valence-corrected chi connectivity index (χ0v) is 16.0. The molecule has 0 spiro atoms. The molecule has 3 aromatic rings. The van der Waals surface area contributed by atoms with Crippen LogP contribution in [-0.4, -0.2) is 8.42 Å². The molecule has 31 heavy (non-hydrogen) atoms. The van der Waals surface area contributed by atoms with E-state index < -0.39 is 44.9 Å². The first-order valence-electron chi connectivity index (χ1n) is 8.40. The Kier molecular flexibility index (Phi) is 5.61. The smallest absolute Gasteiger partial charge is 0.225 e. The second-order valence-electron chi connectivity index (χ2n) is 6.50. The van der Waals surface area contributed by atoms with E-state index in [1.54, 1.807) is 0 Å². The van der Waals surface area contributed by atoms with Gasteiger partial charge >= 0.3 is 12.4 Å². The van der Waals surface area contributed by atoms with Crippen LogP contribution in [0.15, 0.2) is 65.6 Å². The molecule has 0 aliphatic rings. The molecule has 0 amide bonds. The summed E-state index contributed by atoms with van der Waals surface area (Å²) in [6.07, 6.45) is -10.7. The van der Waals surface area contributed by atoms with Crippen LogP contribution in [0.5, 0.6) is 0 Å². The van der Waals surface area contributed by atoms with E-state index in [2.05, 4.69) is 0 Å². The Morgan fingerprint density at radius 1 is 0.677 bits per heavy atom. The van der Waals surface area contributed by atoms with Gasteiger partial charge in [0.15, 0.2) is 0 Å². The minimum Gasteiger partial charge on any atom is -0.225 e. The fourth-order valence-corrected chi connectivity index (χ4v) is 3.52. The monoisotopic (exact) mass is 463 g/mol. The fraction of sp³-hybridized carbons (Fsp3) is 0.100. The maximum Gasteiger partial charge on any atom is 0.419 e. The van der Waals surface area contributed by atoms with Gasteiger partial charge in [-0.1, -0.05) is 36.4 Å². The molecule has 0 saturated heterocycles. The Morgan fingerprint density at radius 2 is 1.10 bits per heavy atom. The molecule has 2 N–H and O–H groups in total. The summed E-state index contributed by atoms with van der Waals surface area (Å²) in [4.78, 5) is -0.228. The van der Waals surface area contributed by atoms with Gasteiger partial charge in [-0.05, 0) is 46.5 Å². The Labute approximate surface area is 172 Å². The van der Waals surface area contributed by atoms with Gasteiger partial charge in [-0.15, -0.1) is 0 Å². The van der Waals surface area contributed by atoms with E-state index in [0.717, 1.165) is 12.1 Å². The molecule has 0 saturated carbocycles. The largest absolute Gasteiger partial charge is 0.419 e. The summed E-state index contributed by atoms with van der Waals surface area (Å²) in [5.41, 5.74) is -4.13. The molecule has 0 aromatic heterocycles. The van der Waals surface area contributed by atoms with Gasteiger partial charge in [-0.2, -0.15) is 26.3 Å². The number of benzene rings is 3. The van der Waals surface area contributed by atoms with Crippen molar-refractivity contribution in [3.8, 4) is 22.3 Å². The molecule has 3 nitrogen and oxygen atoms in total. The molecular weight excluding hydrogens is 451 g/mol. The summed E-state index contributed by atoms with van der Waals surface area (Å²) in [7, 11) is -4.00. The van der Waals surface area contributed by atoms with Gasteiger partial charge in [0.05, 0.1) is 16.0 Å². The van der Waals surface area contributed by atoms with E-state index >= 15 is 0 Å². The van der Waals surface area contributed by atoms with Crippen LogP contribution in [0.25, 0.3) is 22.3 Å². The lowest BCUT2D eigenvalue weighted by Crippen LogP contribution is -2.16. The average Bonchev–Trinajstić information content (AvgIpc) is 2.66. The molecule has 0 fully saturated rings. The van der Waals surface area contributed by atoms with Gasteiger partial charge < -0.3 is 0 Å². The summed E-state index contributed by atoms with van der Waals surface area (Å²) >= 11 is 0. The summed E-state index contributed by atoms with van der Waals surface area (Å²) in [6.45, 7) is 0. The van der Waals surface area contributed by atoms with Crippen molar-refractivity contribution in [2.24, 2.45) is 5.14 Å². The Hall–Kier alpha value is -2.92. The summed E-state index contributed by atoms with van der Waals surface area (Å²) in [5, 5.41) is 5.02. The van der Waals surface area contributed by atoms with Crippen LogP contribution >= 0.6 is 0 Å². The van der Waals surface area contributed by atoms with Crippen molar-refractivity contribution in [1.29, 1.82) is 0 Å². The van der Waals surface area contributed by atoms with Crippen LogP contribution in [0.4, 0.5) is 30.7 Å². The number of halogens is 7. The molecule has 0 heterocycles. The summed E-state index contributed by atoms with van der Waals surface area (Å²) < 4.78 is 116. The molecule has 0 radical (unpaired) electrons. The van der Waals surface area contributed by atoms with Crippen LogP contribution < -0.4 is 5.14 Å². The molecule has 0 unspecified atom stereocenters. The second kappa shape index (κ2) is 7.65. The highest BCUT2D eigenvalue weighted by atomic mass is 32.2. The van der Waals surface area contributed by atoms with Crippen molar-refractivity contribution in [3.05, 3.63) is 77.6 Å². The van der Waals surface area contributed by atoms with Crippen molar-refractivity contribution in [1.82, 2.24) is 0 Å². The number of hydrogen-bond donors (Lipinski definition) is 1. The number of hydrogen-bond acceptors (Lipinski definition) is 2. The third kappa shape index (κ3) is 4.72. The van der Waals surface area contributed by atoms with Crippen molar-refractivity contribution in [2.45, 2.75) is 17.2 Å². The van der Waals surface area contributed by atoms with Gasteiger partial charge in [-0.3, -0.25) is 0 Å². The van der Waals surface area contributed by atoms with Crippen molar-refractivity contribution >= 4 is 10.0 Å². The first kappa shape index (κ1) is 22.8. The number of primary sulfonamides is 1. The quantitative estimate of drug-likeness (QED) is 0.496. The van der Waals surface area contributed by atoms with Crippen LogP contribution in [0, 0.1) is 5.82 Å². The van der Waals surface area contributed by atoms with E-state index in [0.29, 0.717) is 17.7 Å². The van der Waals surface area contributed by atoms with E-state index in [1.165, 1.54) is 36.4 Å². The molecule has 0 atom stereocenters. The SMILES string of the molecule is NS(=O)(=O)c1ccc(-c2ccccc2-c2cc(C(F)(F)F)c(F)c(C(F)(F)F)c2)cc1. The predicted octanol–water partition coefficient (Wildman–Crippen LogP) is 5.84. The fourth-order valence-electron chi connectivity index (χ4n) is 3.00. The maximum atomic E-state index is 14.0. The molecular formula is C20H12F7NO2S. The van der Waals surface area contributed by atoms with Crippen LogP contribution in [0.2, 0.25) is 0 Å². The van der Waals surface area contributed by atoms with Crippen LogP contribution in [-0.2, 0) is 22.4 Å². The second-order valence-corrected chi connectivity index (χ2v) is 8.06. The first-order valence-corrected chi connectivity index (χ1v) is 9.95. The zero-order chi connectivity index (χ0) is 23.2. The number of alkyl halides is 6. The topological polar surface area (TPSA) is 60.2 Å². The average molecular weight is 463 g/mol. The molecule has 0 aliphatic carbocycles. The van der Waals surface area contributed by atoms with E-state index in [-0.39, 0.29) is 16.0 Å². The number of sulfonamides is 1. The van der Waals surface area contributed by atoms with Crippen LogP contribution in [0.3, 0.4) is 0 Å². The van der Waals surface area contributed by atoms with Crippen LogP contribution in [0.1, 0.15) is 11.1 Å². The van der Waals surface area contributed by atoms with Gasteiger partial charge in [0, 0.05) is 0 Å². The number of rotatable bonds is 3. The lowest BCUT2D eigenvalue weighted by atomic mass is 9.92. The highest BCUT2D eigenvalue weighted by Crippen LogP contribution is 2.43. The number of nitrogens with two attached hydrogens (primary N) is 1. The predicted molar refractivity (Wildman–Crippen MR) is 98.6 cm³/mol. The minimum absolute atomic E-state index is 0.0399. The summed E-state index contributed by atoms with van der Waals surface area (Å²) in [5.74, 6) is -2.40.